The van der Waals surface area contributed by atoms with Gasteiger partial charge in [0.1, 0.15) is 5.75 Å². The van der Waals surface area contributed by atoms with Crippen molar-refractivity contribution in [2.75, 3.05) is 27.7 Å². The molecule has 0 aliphatic heterocycles. The van der Waals surface area contributed by atoms with Crippen molar-refractivity contribution >= 4 is 6.09 Å². The molecule has 0 saturated heterocycles. The van der Waals surface area contributed by atoms with Gasteiger partial charge in [-0.1, -0.05) is 12.1 Å². The van der Waals surface area contributed by atoms with E-state index in [4.69, 9.17) is 4.74 Å². The summed E-state index contributed by atoms with van der Waals surface area (Å²) < 4.78 is 5.05. The molecule has 0 aromatic heterocycles. The fourth-order valence-electron chi connectivity index (χ4n) is 1.28. The molecule has 1 amide bonds. The van der Waals surface area contributed by atoms with Gasteiger partial charge in [0.2, 0.25) is 0 Å². The maximum Gasteiger partial charge on any atom is 0.412 e. The highest BCUT2D eigenvalue weighted by Crippen LogP contribution is 2.13. The minimum Gasteiger partial charge on any atom is -0.410 e. The number of likely N-dealkylation sites (N-methyl/N-ethyl adjacent to an activating group) is 1. The zero-order chi connectivity index (χ0) is 12.0. The molecule has 0 bridgehead atoms. The molecule has 1 aromatic carbocycles. The molecule has 0 unspecified atom stereocenters. The van der Waals surface area contributed by atoms with Crippen molar-refractivity contribution in [3.63, 3.8) is 0 Å². The second-order valence-electron chi connectivity index (χ2n) is 3.84. The number of nitrogens with one attached hydrogen (secondary N) is 1. The first-order valence-corrected chi connectivity index (χ1v) is 5.25. The Morgan fingerprint density at radius 3 is 2.81 bits per heavy atom. The number of nitrogens with zero attached hydrogens (tertiary/aromatic N) is 1. The SMILES string of the molecule is CNC(=O)Oc1cccc(CCN(C)C)c1. The quantitative estimate of drug-likeness (QED) is 0.839. The highest BCUT2D eigenvalue weighted by atomic mass is 16.5. The van der Waals surface area contributed by atoms with Gasteiger partial charge in [0, 0.05) is 13.6 Å². The maximum absolute atomic E-state index is 11.0. The number of carbonyl (C=O) groups excluding carboxylic acids is 1. The van der Waals surface area contributed by atoms with Crippen LogP contribution < -0.4 is 10.1 Å². The minimum atomic E-state index is -0.440. The molecule has 0 atom stereocenters. The molecule has 0 saturated carbocycles. The van der Waals surface area contributed by atoms with E-state index in [1.54, 1.807) is 6.07 Å². The van der Waals surface area contributed by atoms with Gasteiger partial charge in [-0.15, -0.1) is 0 Å². The molecule has 0 heterocycles. The van der Waals surface area contributed by atoms with Crippen LogP contribution in [0, 0.1) is 0 Å². The van der Waals surface area contributed by atoms with Crippen LogP contribution >= 0.6 is 0 Å². The Morgan fingerprint density at radius 2 is 2.19 bits per heavy atom. The van der Waals surface area contributed by atoms with Crippen molar-refractivity contribution < 1.29 is 9.53 Å². The lowest BCUT2D eigenvalue weighted by atomic mass is 10.1. The van der Waals surface area contributed by atoms with Gasteiger partial charge in [0.05, 0.1) is 0 Å². The Labute approximate surface area is 96.2 Å². The van der Waals surface area contributed by atoms with Gasteiger partial charge in [-0.25, -0.2) is 4.79 Å². The highest BCUT2D eigenvalue weighted by Gasteiger charge is 2.02. The minimum absolute atomic E-state index is 0.440. The number of hydrogen-bond donors (Lipinski definition) is 1. The molecule has 0 spiro atoms. The third-order valence-corrected chi connectivity index (χ3v) is 2.16. The summed E-state index contributed by atoms with van der Waals surface area (Å²) in [6.07, 6.45) is 0.502. The summed E-state index contributed by atoms with van der Waals surface area (Å²) in [5.41, 5.74) is 1.16. The molecule has 0 fully saturated rings. The predicted octanol–water partition coefficient (Wildman–Crippen LogP) is 1.51. The average molecular weight is 222 g/mol. The Hall–Kier alpha value is -1.55. The van der Waals surface area contributed by atoms with Gasteiger partial charge in [0.25, 0.3) is 0 Å². The summed E-state index contributed by atoms with van der Waals surface area (Å²) >= 11 is 0. The fourth-order valence-corrected chi connectivity index (χ4v) is 1.28. The summed E-state index contributed by atoms with van der Waals surface area (Å²) in [4.78, 5) is 13.1. The van der Waals surface area contributed by atoms with Crippen LogP contribution in [0.3, 0.4) is 0 Å². The lowest BCUT2D eigenvalue weighted by molar-refractivity contribution is 0.203. The molecular weight excluding hydrogens is 204 g/mol. The zero-order valence-electron chi connectivity index (χ0n) is 9.99. The fraction of sp³-hybridized carbons (Fsp3) is 0.417. The van der Waals surface area contributed by atoms with Crippen LogP contribution in [0.2, 0.25) is 0 Å². The van der Waals surface area contributed by atoms with Crippen molar-refractivity contribution in [1.82, 2.24) is 10.2 Å². The van der Waals surface area contributed by atoms with Gasteiger partial charge in [-0.2, -0.15) is 0 Å². The molecule has 0 radical (unpaired) electrons. The highest BCUT2D eigenvalue weighted by molar-refractivity contribution is 5.69. The van der Waals surface area contributed by atoms with Crippen molar-refractivity contribution in [2.45, 2.75) is 6.42 Å². The second-order valence-corrected chi connectivity index (χ2v) is 3.84. The molecule has 0 aliphatic rings. The summed E-state index contributed by atoms with van der Waals surface area (Å²) in [6, 6.07) is 7.58. The molecule has 4 nitrogen and oxygen atoms in total. The van der Waals surface area contributed by atoms with Crippen LogP contribution in [0.25, 0.3) is 0 Å². The number of rotatable bonds is 4. The van der Waals surface area contributed by atoms with Gasteiger partial charge in [-0.3, -0.25) is 0 Å². The van der Waals surface area contributed by atoms with Crippen LogP contribution in [0.1, 0.15) is 5.56 Å². The number of benzene rings is 1. The lowest BCUT2D eigenvalue weighted by Gasteiger charge is -2.10. The van der Waals surface area contributed by atoms with Crippen LogP contribution in [-0.2, 0) is 6.42 Å². The van der Waals surface area contributed by atoms with Gasteiger partial charge in [-0.05, 0) is 38.2 Å². The Morgan fingerprint density at radius 1 is 1.44 bits per heavy atom. The van der Waals surface area contributed by atoms with Gasteiger partial charge in [0.15, 0.2) is 0 Å². The first-order chi connectivity index (χ1) is 7.61. The molecule has 1 rings (SSSR count). The van der Waals surface area contributed by atoms with E-state index in [0.717, 1.165) is 18.5 Å². The Balaban J connectivity index is 2.60. The number of amides is 1. The summed E-state index contributed by atoms with van der Waals surface area (Å²) in [5.74, 6) is 0.579. The van der Waals surface area contributed by atoms with E-state index in [1.165, 1.54) is 7.05 Å². The number of carbonyl (C=O) groups is 1. The van der Waals surface area contributed by atoms with Crippen molar-refractivity contribution in [3.8, 4) is 5.75 Å². The summed E-state index contributed by atoms with van der Waals surface area (Å²) in [6.45, 7) is 0.976. The average Bonchev–Trinajstić information content (AvgIpc) is 2.26. The van der Waals surface area contributed by atoms with Crippen molar-refractivity contribution in [2.24, 2.45) is 0 Å². The van der Waals surface area contributed by atoms with Crippen molar-refractivity contribution in [1.29, 1.82) is 0 Å². The van der Waals surface area contributed by atoms with Crippen LogP contribution in [0.5, 0.6) is 5.75 Å². The number of ether oxygens (including phenoxy) is 1. The van der Waals surface area contributed by atoms with Gasteiger partial charge >= 0.3 is 6.09 Å². The third kappa shape index (κ3) is 4.31. The molecule has 1 N–H and O–H groups in total. The topological polar surface area (TPSA) is 41.6 Å². The van der Waals surface area contributed by atoms with Crippen LogP contribution in [-0.4, -0.2) is 38.7 Å². The number of hydrogen-bond acceptors (Lipinski definition) is 3. The Kier molecular flexibility index (Phi) is 4.79. The first kappa shape index (κ1) is 12.5. The first-order valence-electron chi connectivity index (χ1n) is 5.25. The van der Waals surface area contributed by atoms with Crippen LogP contribution in [0.4, 0.5) is 4.79 Å². The normalized spacial score (nSPS) is 10.2. The van der Waals surface area contributed by atoms with Gasteiger partial charge < -0.3 is 15.0 Å². The van der Waals surface area contributed by atoms with E-state index in [0.29, 0.717) is 5.75 Å². The largest absolute Gasteiger partial charge is 0.412 e. The molecular formula is C12H18N2O2. The van der Waals surface area contributed by atoms with Crippen LogP contribution in [0.15, 0.2) is 24.3 Å². The summed E-state index contributed by atoms with van der Waals surface area (Å²) in [5, 5.41) is 2.41. The van der Waals surface area contributed by atoms with E-state index in [1.807, 2.05) is 32.3 Å². The van der Waals surface area contributed by atoms with Crippen molar-refractivity contribution in [3.05, 3.63) is 29.8 Å². The maximum atomic E-state index is 11.0. The second kappa shape index (κ2) is 6.12. The third-order valence-electron chi connectivity index (χ3n) is 2.16. The molecule has 4 heteroatoms. The molecule has 16 heavy (non-hydrogen) atoms. The monoisotopic (exact) mass is 222 g/mol. The predicted molar refractivity (Wildman–Crippen MR) is 63.8 cm³/mol. The standard InChI is InChI=1S/C12H18N2O2/c1-13-12(15)16-11-6-4-5-10(9-11)7-8-14(2)3/h4-6,9H,7-8H2,1-3H3,(H,13,15). The molecule has 1 aromatic rings. The smallest absolute Gasteiger partial charge is 0.410 e. The van der Waals surface area contributed by atoms with E-state index in [2.05, 4.69) is 10.2 Å². The van der Waals surface area contributed by atoms with E-state index < -0.39 is 6.09 Å². The summed E-state index contributed by atoms with van der Waals surface area (Å²) in [7, 11) is 5.61. The molecule has 0 aliphatic carbocycles. The Bertz CT molecular complexity index is 351. The van der Waals surface area contributed by atoms with E-state index in [9.17, 15) is 4.79 Å². The molecule has 88 valence electrons. The lowest BCUT2D eigenvalue weighted by Crippen LogP contribution is -2.22. The zero-order valence-corrected chi connectivity index (χ0v) is 9.99. The van der Waals surface area contributed by atoms with E-state index in [-0.39, 0.29) is 0 Å². The van der Waals surface area contributed by atoms with E-state index >= 15 is 0 Å².